The zero-order chi connectivity index (χ0) is 26.9. The minimum absolute atomic E-state index is 0.0129. The van der Waals surface area contributed by atoms with Crippen LogP contribution >= 0.6 is 0 Å². The molecule has 3 aromatic rings. The van der Waals surface area contributed by atoms with Gasteiger partial charge in [-0.3, -0.25) is 14.9 Å². The first kappa shape index (κ1) is 27.5. The van der Waals surface area contributed by atoms with E-state index in [9.17, 15) is 14.0 Å². The van der Waals surface area contributed by atoms with Crippen molar-refractivity contribution in [3.8, 4) is 5.88 Å². The molecular formula is C28H35FN4O5. The second-order valence-electron chi connectivity index (χ2n) is 9.35. The Kier molecular flexibility index (Phi) is 9.64. The predicted molar refractivity (Wildman–Crippen MR) is 141 cm³/mol. The van der Waals surface area contributed by atoms with Crippen molar-refractivity contribution in [2.24, 2.45) is 5.92 Å². The molecular weight excluding hydrogens is 491 g/mol. The lowest BCUT2D eigenvalue weighted by atomic mass is 9.86. The maximum Gasteiger partial charge on any atom is 0.308 e. The van der Waals surface area contributed by atoms with Crippen LogP contribution in [0.3, 0.4) is 0 Å². The molecule has 1 aliphatic rings. The third kappa shape index (κ3) is 6.86. The van der Waals surface area contributed by atoms with Crippen LogP contribution in [0, 0.1) is 11.7 Å². The van der Waals surface area contributed by atoms with Gasteiger partial charge < -0.3 is 18.8 Å². The van der Waals surface area contributed by atoms with Crippen molar-refractivity contribution in [3.63, 3.8) is 0 Å². The van der Waals surface area contributed by atoms with Crippen LogP contribution in [0.1, 0.15) is 68.8 Å². The normalized spacial score (nSPS) is 17.3. The van der Waals surface area contributed by atoms with Crippen molar-refractivity contribution in [2.75, 3.05) is 31.7 Å². The third-order valence-electron chi connectivity index (χ3n) is 6.66. The van der Waals surface area contributed by atoms with Crippen LogP contribution in [0.4, 0.5) is 10.3 Å². The first-order chi connectivity index (χ1) is 18.5. The number of benzene rings is 1. The van der Waals surface area contributed by atoms with E-state index in [1.165, 1.54) is 18.2 Å². The molecule has 4 rings (SSSR count). The van der Waals surface area contributed by atoms with E-state index in [1.54, 1.807) is 19.2 Å². The number of nitrogens with zero attached hydrogens (tertiary/aromatic N) is 3. The van der Waals surface area contributed by atoms with Gasteiger partial charge in [0.05, 0.1) is 30.8 Å². The zero-order valence-electron chi connectivity index (χ0n) is 22.0. The maximum atomic E-state index is 13.7. The van der Waals surface area contributed by atoms with Gasteiger partial charge in [0.2, 0.25) is 11.8 Å². The fourth-order valence-corrected chi connectivity index (χ4v) is 4.70. The number of nitrogens with one attached hydrogen (secondary N) is 1. The van der Waals surface area contributed by atoms with Crippen LogP contribution in [-0.2, 0) is 14.3 Å². The van der Waals surface area contributed by atoms with E-state index in [4.69, 9.17) is 14.2 Å². The Morgan fingerprint density at radius 2 is 1.92 bits per heavy atom. The quantitative estimate of drug-likeness (QED) is 0.252. The molecule has 1 fully saturated rings. The number of imidazole rings is 1. The molecule has 2 heterocycles. The number of unbranched alkanes of at least 4 members (excludes halogenated alkanes) is 1. The molecule has 204 valence electrons. The standard InChI is InChI=1S/C28H35FN4O5/c1-3-5-13-36-14-15-38-25-17-24-23(18-30-25)31-28(32-26(34)20-7-6-8-21(29)16-20)33(24)22-11-9-19(10-12-22)27(35)37-4-2/h6-8,16-19,22H,3-5,9-15H2,1-2H3,(H,31,32,34). The Hall–Kier alpha value is -3.53. The first-order valence-corrected chi connectivity index (χ1v) is 13.3. The van der Waals surface area contributed by atoms with E-state index in [0.717, 1.165) is 18.4 Å². The number of pyridine rings is 1. The number of hydrogen-bond acceptors (Lipinski definition) is 7. The summed E-state index contributed by atoms with van der Waals surface area (Å²) in [5, 5.41) is 2.85. The van der Waals surface area contributed by atoms with Crippen LogP contribution in [0.15, 0.2) is 36.5 Å². The Bertz CT molecular complexity index is 1240. The maximum absolute atomic E-state index is 13.7. The highest BCUT2D eigenvalue weighted by Crippen LogP contribution is 2.37. The Labute approximate surface area is 221 Å². The lowest BCUT2D eigenvalue weighted by Gasteiger charge is -2.29. The molecule has 1 amide bonds. The third-order valence-corrected chi connectivity index (χ3v) is 6.66. The van der Waals surface area contributed by atoms with Gasteiger partial charge in [-0.25, -0.2) is 14.4 Å². The number of esters is 1. The SMILES string of the molecule is CCCCOCCOc1cc2c(cn1)nc(NC(=O)c1cccc(F)c1)n2C1CCC(C(=O)OCC)CC1. The van der Waals surface area contributed by atoms with Crippen molar-refractivity contribution < 1.29 is 28.2 Å². The number of anilines is 1. The van der Waals surface area contributed by atoms with E-state index in [2.05, 4.69) is 22.2 Å². The molecule has 38 heavy (non-hydrogen) atoms. The molecule has 9 nitrogen and oxygen atoms in total. The van der Waals surface area contributed by atoms with Crippen molar-refractivity contribution in [1.82, 2.24) is 14.5 Å². The molecule has 1 N–H and O–H groups in total. The second kappa shape index (κ2) is 13.3. The van der Waals surface area contributed by atoms with Gasteiger partial charge in [0, 0.05) is 24.3 Å². The number of aromatic nitrogens is 3. The topological polar surface area (TPSA) is 105 Å². The van der Waals surface area contributed by atoms with Crippen molar-refractivity contribution in [1.29, 1.82) is 0 Å². The van der Waals surface area contributed by atoms with Gasteiger partial charge in [0.1, 0.15) is 17.9 Å². The predicted octanol–water partition coefficient (Wildman–Crippen LogP) is 5.31. The monoisotopic (exact) mass is 526 g/mol. The lowest BCUT2D eigenvalue weighted by Crippen LogP contribution is -2.26. The molecule has 0 atom stereocenters. The number of halogens is 1. The highest BCUT2D eigenvalue weighted by Gasteiger charge is 2.30. The summed E-state index contributed by atoms with van der Waals surface area (Å²) in [6.07, 6.45) is 6.45. The molecule has 2 aromatic heterocycles. The Morgan fingerprint density at radius 3 is 2.66 bits per heavy atom. The van der Waals surface area contributed by atoms with E-state index < -0.39 is 11.7 Å². The number of fused-ring (bicyclic) bond motifs is 1. The van der Waals surface area contributed by atoms with Crippen molar-refractivity contribution >= 4 is 28.9 Å². The second-order valence-corrected chi connectivity index (χ2v) is 9.35. The fourth-order valence-electron chi connectivity index (χ4n) is 4.70. The molecule has 1 aromatic carbocycles. The highest BCUT2D eigenvalue weighted by molar-refractivity contribution is 6.04. The van der Waals surface area contributed by atoms with E-state index in [-0.39, 0.29) is 23.5 Å². The number of rotatable bonds is 12. The smallest absolute Gasteiger partial charge is 0.308 e. The summed E-state index contributed by atoms with van der Waals surface area (Å²) < 4.78 is 32.3. The Morgan fingerprint density at radius 1 is 1.11 bits per heavy atom. The number of amides is 1. The summed E-state index contributed by atoms with van der Waals surface area (Å²) in [6, 6.07) is 7.30. The van der Waals surface area contributed by atoms with E-state index >= 15 is 0 Å². The van der Waals surface area contributed by atoms with Crippen molar-refractivity contribution in [3.05, 3.63) is 47.9 Å². The van der Waals surface area contributed by atoms with Gasteiger partial charge in [-0.15, -0.1) is 0 Å². The van der Waals surface area contributed by atoms with Crippen LogP contribution in [0.2, 0.25) is 0 Å². The van der Waals surface area contributed by atoms with Gasteiger partial charge in [0.15, 0.2) is 0 Å². The number of ether oxygens (including phenoxy) is 3. The highest BCUT2D eigenvalue weighted by atomic mass is 19.1. The minimum atomic E-state index is -0.492. The molecule has 0 spiro atoms. The average Bonchev–Trinajstić information content (AvgIpc) is 3.27. The summed E-state index contributed by atoms with van der Waals surface area (Å²) in [5.41, 5.74) is 1.55. The van der Waals surface area contributed by atoms with E-state index in [1.807, 2.05) is 10.6 Å². The first-order valence-electron chi connectivity index (χ1n) is 13.3. The molecule has 0 aliphatic heterocycles. The summed E-state index contributed by atoms with van der Waals surface area (Å²) in [7, 11) is 0. The summed E-state index contributed by atoms with van der Waals surface area (Å²) in [5.74, 6) is -0.485. The molecule has 1 saturated carbocycles. The van der Waals surface area contributed by atoms with Gasteiger partial charge in [0.25, 0.3) is 5.91 Å². The molecule has 0 bridgehead atoms. The average molecular weight is 527 g/mol. The summed E-state index contributed by atoms with van der Waals surface area (Å²) >= 11 is 0. The van der Waals surface area contributed by atoms with Gasteiger partial charge >= 0.3 is 5.97 Å². The molecule has 1 aliphatic carbocycles. The minimum Gasteiger partial charge on any atom is -0.475 e. The number of hydrogen-bond donors (Lipinski definition) is 1. The summed E-state index contributed by atoms with van der Waals surface area (Å²) in [4.78, 5) is 34.2. The van der Waals surface area contributed by atoms with Gasteiger partial charge in [-0.05, 0) is 57.2 Å². The molecule has 10 heteroatoms. The molecule has 0 unspecified atom stereocenters. The Balaban J connectivity index is 1.57. The van der Waals surface area contributed by atoms with Gasteiger partial charge in [-0.1, -0.05) is 19.4 Å². The van der Waals surface area contributed by atoms with Crippen LogP contribution in [0.25, 0.3) is 11.0 Å². The zero-order valence-corrected chi connectivity index (χ0v) is 22.0. The van der Waals surface area contributed by atoms with Crippen LogP contribution < -0.4 is 10.1 Å². The fraction of sp³-hybridized carbons (Fsp3) is 0.500. The number of carbonyl (C=O) groups is 2. The number of carbonyl (C=O) groups excluding carboxylic acids is 2. The molecule has 0 radical (unpaired) electrons. The van der Waals surface area contributed by atoms with Crippen molar-refractivity contribution in [2.45, 2.75) is 58.4 Å². The van der Waals surface area contributed by atoms with Crippen LogP contribution in [0.5, 0.6) is 5.88 Å². The van der Waals surface area contributed by atoms with Crippen LogP contribution in [-0.4, -0.2) is 52.8 Å². The lowest BCUT2D eigenvalue weighted by molar-refractivity contribution is -0.149. The van der Waals surface area contributed by atoms with Gasteiger partial charge in [-0.2, -0.15) is 0 Å². The largest absolute Gasteiger partial charge is 0.475 e. The summed E-state index contributed by atoms with van der Waals surface area (Å²) in [6.45, 7) is 5.80. The van der Waals surface area contributed by atoms with E-state index in [0.29, 0.717) is 69.5 Å². The molecule has 0 saturated heterocycles.